The van der Waals surface area contributed by atoms with Crippen LogP contribution < -0.4 is 0 Å². The second-order valence-electron chi connectivity index (χ2n) is 4.50. The van der Waals surface area contributed by atoms with Crippen molar-refractivity contribution in [3.63, 3.8) is 0 Å². The van der Waals surface area contributed by atoms with E-state index in [9.17, 15) is 4.79 Å². The molecule has 0 unspecified atom stereocenters. The van der Waals surface area contributed by atoms with Gasteiger partial charge in [-0.15, -0.1) is 0 Å². The van der Waals surface area contributed by atoms with E-state index in [0.29, 0.717) is 11.4 Å². The van der Waals surface area contributed by atoms with E-state index >= 15 is 0 Å². The molecule has 2 atom stereocenters. The van der Waals surface area contributed by atoms with E-state index in [2.05, 4.69) is 0 Å². The average molecular weight is 263 g/mol. The number of hydrogen-bond acceptors (Lipinski definition) is 2. The van der Waals surface area contributed by atoms with Crippen LogP contribution in [0.15, 0.2) is 40.8 Å². The summed E-state index contributed by atoms with van der Waals surface area (Å²) in [6.45, 7) is 0. The SMILES string of the molecule is O=C(O)[C@H]1C[C@@H]1c1ccc(-c2ccc(Cl)cc2)o1. The molecule has 0 spiro atoms. The number of rotatable bonds is 3. The maximum atomic E-state index is 10.8. The Morgan fingerprint density at radius 2 is 1.94 bits per heavy atom. The van der Waals surface area contributed by atoms with Crippen molar-refractivity contribution < 1.29 is 14.3 Å². The molecule has 0 bridgehead atoms. The fourth-order valence-corrected chi connectivity index (χ4v) is 2.23. The summed E-state index contributed by atoms with van der Waals surface area (Å²) >= 11 is 5.82. The van der Waals surface area contributed by atoms with Crippen LogP contribution in [0.3, 0.4) is 0 Å². The number of furan rings is 1. The van der Waals surface area contributed by atoms with Gasteiger partial charge < -0.3 is 9.52 Å². The summed E-state index contributed by atoms with van der Waals surface area (Å²) in [5, 5.41) is 9.56. The van der Waals surface area contributed by atoms with Crippen LogP contribution in [0.25, 0.3) is 11.3 Å². The van der Waals surface area contributed by atoms with Gasteiger partial charge in [-0.25, -0.2) is 0 Å². The summed E-state index contributed by atoms with van der Waals surface area (Å²) in [4.78, 5) is 10.8. The van der Waals surface area contributed by atoms with Crippen LogP contribution in [0, 0.1) is 5.92 Å². The number of carboxylic acids is 1. The predicted molar refractivity (Wildman–Crippen MR) is 67.6 cm³/mol. The van der Waals surface area contributed by atoms with Crippen LogP contribution in [0.4, 0.5) is 0 Å². The fraction of sp³-hybridized carbons (Fsp3) is 0.214. The highest BCUT2D eigenvalue weighted by Gasteiger charge is 2.46. The zero-order valence-electron chi connectivity index (χ0n) is 9.47. The van der Waals surface area contributed by atoms with Crippen molar-refractivity contribution in [1.29, 1.82) is 0 Å². The molecule has 1 aliphatic rings. The minimum atomic E-state index is -0.746. The number of carboxylic acid groups (broad SMARTS) is 1. The molecular weight excluding hydrogens is 252 g/mol. The first-order valence-electron chi connectivity index (χ1n) is 5.73. The number of carbonyl (C=O) groups is 1. The number of hydrogen-bond donors (Lipinski definition) is 1. The Labute approximate surface area is 109 Å². The smallest absolute Gasteiger partial charge is 0.307 e. The van der Waals surface area contributed by atoms with Gasteiger partial charge in [0.2, 0.25) is 0 Å². The summed E-state index contributed by atoms with van der Waals surface area (Å²) < 4.78 is 5.71. The highest BCUT2D eigenvalue weighted by atomic mass is 35.5. The Bertz CT molecular complexity index is 585. The topological polar surface area (TPSA) is 50.4 Å². The second-order valence-corrected chi connectivity index (χ2v) is 4.93. The normalized spacial score (nSPS) is 21.8. The molecule has 1 aromatic carbocycles. The minimum absolute atomic E-state index is 0.0311. The first-order chi connectivity index (χ1) is 8.65. The van der Waals surface area contributed by atoms with Crippen LogP contribution >= 0.6 is 11.6 Å². The maximum Gasteiger partial charge on any atom is 0.307 e. The molecule has 0 saturated heterocycles. The van der Waals surface area contributed by atoms with Crippen molar-refractivity contribution in [2.24, 2.45) is 5.92 Å². The first-order valence-corrected chi connectivity index (χ1v) is 6.11. The Balaban J connectivity index is 1.82. The Kier molecular flexibility index (Phi) is 2.63. The predicted octanol–water partition coefficient (Wildman–Crippen LogP) is 3.79. The van der Waals surface area contributed by atoms with Crippen molar-refractivity contribution in [2.45, 2.75) is 12.3 Å². The Morgan fingerprint density at radius 3 is 2.56 bits per heavy atom. The van der Waals surface area contributed by atoms with Crippen molar-refractivity contribution in [3.8, 4) is 11.3 Å². The van der Waals surface area contributed by atoms with E-state index in [4.69, 9.17) is 21.1 Å². The zero-order chi connectivity index (χ0) is 12.7. The Hall–Kier alpha value is -1.74. The molecule has 1 saturated carbocycles. The monoisotopic (exact) mass is 262 g/mol. The molecule has 18 heavy (non-hydrogen) atoms. The fourth-order valence-electron chi connectivity index (χ4n) is 2.10. The lowest BCUT2D eigenvalue weighted by atomic mass is 10.2. The highest BCUT2D eigenvalue weighted by molar-refractivity contribution is 6.30. The van der Waals surface area contributed by atoms with Gasteiger partial charge in [0.15, 0.2) is 0 Å². The summed E-state index contributed by atoms with van der Waals surface area (Å²) in [6.07, 6.45) is 0.670. The third-order valence-corrected chi connectivity index (χ3v) is 3.48. The molecule has 3 nitrogen and oxygen atoms in total. The second kappa shape index (κ2) is 4.18. The molecule has 3 rings (SSSR count). The van der Waals surface area contributed by atoms with E-state index in [1.54, 1.807) is 12.1 Å². The molecule has 1 aliphatic carbocycles. The van der Waals surface area contributed by atoms with Gasteiger partial charge in [0, 0.05) is 16.5 Å². The molecule has 1 N–H and O–H groups in total. The number of benzene rings is 1. The van der Waals surface area contributed by atoms with E-state index < -0.39 is 5.97 Å². The molecule has 0 aliphatic heterocycles. The molecular formula is C14H11ClO3. The van der Waals surface area contributed by atoms with Crippen LogP contribution in [-0.2, 0) is 4.79 Å². The number of aliphatic carboxylic acids is 1. The van der Waals surface area contributed by atoms with Crippen molar-refractivity contribution in [1.82, 2.24) is 0 Å². The molecule has 2 aromatic rings. The summed E-state index contributed by atoms with van der Waals surface area (Å²) in [6, 6.07) is 11.1. The lowest BCUT2D eigenvalue weighted by molar-refractivity contribution is -0.138. The van der Waals surface area contributed by atoms with Gasteiger partial charge in [0.25, 0.3) is 0 Å². The third kappa shape index (κ3) is 2.02. The van der Waals surface area contributed by atoms with Gasteiger partial charge in [-0.05, 0) is 42.8 Å². The van der Waals surface area contributed by atoms with Crippen LogP contribution in [-0.4, -0.2) is 11.1 Å². The van der Waals surface area contributed by atoms with Crippen LogP contribution in [0.5, 0.6) is 0 Å². The standard InChI is InChI=1S/C14H11ClO3/c15-9-3-1-8(2-4-9)12-5-6-13(18-12)10-7-11(10)14(16)17/h1-6,10-11H,7H2,(H,16,17)/t10-,11-/m0/s1. The summed E-state index contributed by atoms with van der Waals surface area (Å²) in [7, 11) is 0. The van der Waals surface area contributed by atoms with E-state index in [0.717, 1.165) is 17.1 Å². The van der Waals surface area contributed by atoms with Gasteiger partial charge in [-0.2, -0.15) is 0 Å². The molecule has 92 valence electrons. The summed E-state index contributed by atoms with van der Waals surface area (Å²) in [5.41, 5.74) is 0.943. The van der Waals surface area contributed by atoms with Crippen molar-refractivity contribution in [3.05, 3.63) is 47.2 Å². The molecule has 1 heterocycles. The summed E-state index contributed by atoms with van der Waals surface area (Å²) in [5.74, 6) is 0.507. The average Bonchev–Trinajstić information content (AvgIpc) is 3.02. The van der Waals surface area contributed by atoms with Gasteiger partial charge in [-0.1, -0.05) is 11.6 Å². The first kappa shape index (κ1) is 11.4. The molecule has 0 radical (unpaired) electrons. The molecule has 1 fully saturated rings. The Morgan fingerprint density at radius 1 is 1.22 bits per heavy atom. The van der Waals surface area contributed by atoms with Gasteiger partial charge in [-0.3, -0.25) is 4.79 Å². The van der Waals surface area contributed by atoms with E-state index in [-0.39, 0.29) is 11.8 Å². The third-order valence-electron chi connectivity index (χ3n) is 3.23. The number of halogens is 1. The minimum Gasteiger partial charge on any atom is -0.481 e. The zero-order valence-corrected chi connectivity index (χ0v) is 10.2. The van der Waals surface area contributed by atoms with Crippen LogP contribution in [0.1, 0.15) is 18.1 Å². The maximum absolute atomic E-state index is 10.8. The van der Waals surface area contributed by atoms with E-state index in [1.165, 1.54) is 0 Å². The lowest BCUT2D eigenvalue weighted by Crippen LogP contribution is -1.98. The van der Waals surface area contributed by atoms with Gasteiger partial charge in [0.05, 0.1) is 5.92 Å². The van der Waals surface area contributed by atoms with Crippen molar-refractivity contribution >= 4 is 17.6 Å². The quantitative estimate of drug-likeness (QED) is 0.916. The van der Waals surface area contributed by atoms with Crippen molar-refractivity contribution in [2.75, 3.05) is 0 Å². The molecule has 4 heteroatoms. The molecule has 1 aromatic heterocycles. The van der Waals surface area contributed by atoms with Crippen LogP contribution in [0.2, 0.25) is 5.02 Å². The lowest BCUT2D eigenvalue weighted by Gasteiger charge is -1.97. The highest BCUT2D eigenvalue weighted by Crippen LogP contribution is 2.48. The molecule has 0 amide bonds. The van der Waals surface area contributed by atoms with Gasteiger partial charge in [0.1, 0.15) is 11.5 Å². The van der Waals surface area contributed by atoms with E-state index in [1.807, 2.05) is 24.3 Å². The van der Waals surface area contributed by atoms with Gasteiger partial charge >= 0.3 is 5.97 Å². The largest absolute Gasteiger partial charge is 0.481 e.